The number of nitrogens with one attached hydrogen (secondary N) is 2. The van der Waals surface area contributed by atoms with Gasteiger partial charge in [0.25, 0.3) is 0 Å². The molecule has 0 aliphatic carbocycles. The maximum Gasteiger partial charge on any atom is 0.242 e. The Morgan fingerprint density at radius 1 is 1.53 bits per heavy atom. The molecule has 90 valence electrons. The molecule has 0 saturated heterocycles. The summed E-state index contributed by atoms with van der Waals surface area (Å²) in [5, 5.41) is 7.00. The molecule has 0 aromatic carbocycles. The van der Waals surface area contributed by atoms with E-state index in [0.717, 1.165) is 17.2 Å². The van der Waals surface area contributed by atoms with E-state index in [1.807, 2.05) is 19.9 Å². The van der Waals surface area contributed by atoms with Gasteiger partial charge in [0, 0.05) is 18.1 Å². The van der Waals surface area contributed by atoms with Crippen molar-refractivity contribution in [2.24, 2.45) is 0 Å². The van der Waals surface area contributed by atoms with Gasteiger partial charge in [-0.1, -0.05) is 0 Å². The third-order valence-corrected chi connectivity index (χ3v) is 2.40. The number of hydrogen-bond acceptors (Lipinski definition) is 3. The van der Waals surface area contributed by atoms with Crippen LogP contribution in [0.25, 0.3) is 0 Å². The van der Waals surface area contributed by atoms with Crippen molar-refractivity contribution in [2.75, 3.05) is 0 Å². The Morgan fingerprint density at radius 3 is 2.94 bits per heavy atom. The second-order valence-electron chi connectivity index (χ2n) is 3.90. The zero-order valence-corrected chi connectivity index (χ0v) is 9.90. The Labute approximate surface area is 99.1 Å². The van der Waals surface area contributed by atoms with Crippen molar-refractivity contribution in [1.82, 2.24) is 25.1 Å². The third kappa shape index (κ3) is 2.93. The van der Waals surface area contributed by atoms with Crippen LogP contribution >= 0.6 is 0 Å². The van der Waals surface area contributed by atoms with Crippen molar-refractivity contribution < 1.29 is 4.79 Å². The Morgan fingerprint density at radius 2 is 2.35 bits per heavy atom. The van der Waals surface area contributed by atoms with Crippen molar-refractivity contribution >= 4 is 5.91 Å². The van der Waals surface area contributed by atoms with Crippen LogP contribution in [-0.2, 0) is 17.9 Å². The number of aromatic amines is 1. The smallest absolute Gasteiger partial charge is 0.242 e. The van der Waals surface area contributed by atoms with E-state index < -0.39 is 0 Å². The molecule has 0 radical (unpaired) electrons. The quantitative estimate of drug-likeness (QED) is 0.809. The molecule has 6 heteroatoms. The molecule has 0 aliphatic rings. The van der Waals surface area contributed by atoms with E-state index in [-0.39, 0.29) is 12.5 Å². The van der Waals surface area contributed by atoms with Crippen molar-refractivity contribution in [2.45, 2.75) is 26.9 Å². The highest BCUT2D eigenvalue weighted by Gasteiger charge is 2.07. The van der Waals surface area contributed by atoms with Crippen molar-refractivity contribution in [1.29, 1.82) is 0 Å². The van der Waals surface area contributed by atoms with E-state index >= 15 is 0 Å². The Balaban J connectivity index is 1.87. The number of aryl methyl sites for hydroxylation is 2. The van der Waals surface area contributed by atoms with Crippen molar-refractivity contribution in [3.63, 3.8) is 0 Å². The molecule has 2 rings (SSSR count). The molecule has 0 saturated carbocycles. The molecular weight excluding hydrogens is 218 g/mol. The van der Waals surface area contributed by atoms with E-state index in [9.17, 15) is 4.79 Å². The third-order valence-electron chi connectivity index (χ3n) is 2.40. The zero-order valence-electron chi connectivity index (χ0n) is 9.90. The molecule has 17 heavy (non-hydrogen) atoms. The van der Waals surface area contributed by atoms with Gasteiger partial charge in [-0.05, 0) is 19.9 Å². The lowest BCUT2D eigenvalue weighted by Crippen LogP contribution is -2.28. The maximum atomic E-state index is 11.7. The summed E-state index contributed by atoms with van der Waals surface area (Å²) in [6.45, 7) is 4.48. The summed E-state index contributed by atoms with van der Waals surface area (Å²) in [5.74, 6) is 0.666. The van der Waals surface area contributed by atoms with Gasteiger partial charge in [0.15, 0.2) is 0 Å². The van der Waals surface area contributed by atoms with Gasteiger partial charge in [-0.15, -0.1) is 0 Å². The lowest BCUT2D eigenvalue weighted by atomic mass is 10.4. The number of carbonyl (C=O) groups excluding carboxylic acids is 1. The van der Waals surface area contributed by atoms with Crippen molar-refractivity contribution in [3.8, 4) is 0 Å². The largest absolute Gasteiger partial charge is 0.347 e. The molecule has 6 nitrogen and oxygen atoms in total. The number of carbonyl (C=O) groups is 1. The fraction of sp³-hybridized carbons (Fsp3) is 0.364. The van der Waals surface area contributed by atoms with Crippen LogP contribution in [0.3, 0.4) is 0 Å². The summed E-state index contributed by atoms with van der Waals surface area (Å²) in [5.41, 5.74) is 1.90. The van der Waals surface area contributed by atoms with E-state index in [4.69, 9.17) is 0 Å². The predicted octanol–water partition coefficient (Wildman–Crippen LogP) is 0.539. The minimum absolute atomic E-state index is 0.0763. The molecule has 1 amide bonds. The molecule has 2 aromatic heterocycles. The normalized spacial score (nSPS) is 10.5. The van der Waals surface area contributed by atoms with Gasteiger partial charge in [0.1, 0.15) is 12.4 Å². The molecule has 0 fully saturated rings. The van der Waals surface area contributed by atoms with E-state index in [1.54, 1.807) is 17.1 Å². The first-order chi connectivity index (χ1) is 8.15. The minimum Gasteiger partial charge on any atom is -0.347 e. The standard InChI is InChI=1S/C11H15N5O/c1-8-5-9(2)16(15-8)7-11(17)14-6-10-12-3-4-13-10/h3-5H,6-7H2,1-2H3,(H,12,13)(H,14,17). The average molecular weight is 233 g/mol. The number of nitrogens with zero attached hydrogens (tertiary/aromatic N) is 3. The number of imidazole rings is 1. The molecule has 0 unspecified atom stereocenters. The second-order valence-corrected chi connectivity index (χ2v) is 3.90. The number of amides is 1. The first-order valence-corrected chi connectivity index (χ1v) is 5.41. The van der Waals surface area contributed by atoms with Crippen LogP contribution in [-0.4, -0.2) is 25.7 Å². The fourth-order valence-electron chi connectivity index (χ4n) is 1.60. The fourth-order valence-corrected chi connectivity index (χ4v) is 1.60. The van der Waals surface area contributed by atoms with Gasteiger partial charge >= 0.3 is 0 Å². The van der Waals surface area contributed by atoms with Gasteiger partial charge < -0.3 is 10.3 Å². The topological polar surface area (TPSA) is 75.6 Å². The maximum absolute atomic E-state index is 11.7. The summed E-state index contributed by atoms with van der Waals surface area (Å²) in [6, 6.07) is 1.94. The summed E-state index contributed by atoms with van der Waals surface area (Å²) in [7, 11) is 0. The highest BCUT2D eigenvalue weighted by atomic mass is 16.2. The molecule has 0 spiro atoms. The Kier molecular flexibility index (Phi) is 3.22. The SMILES string of the molecule is Cc1cc(C)n(CC(=O)NCc2ncc[nH]2)n1. The Bertz CT molecular complexity index is 500. The van der Waals surface area contributed by atoms with Crippen LogP contribution in [0, 0.1) is 13.8 Å². The van der Waals surface area contributed by atoms with E-state index in [2.05, 4.69) is 20.4 Å². The summed E-state index contributed by atoms with van der Waals surface area (Å²) >= 11 is 0. The second kappa shape index (κ2) is 4.82. The van der Waals surface area contributed by atoms with Gasteiger partial charge in [0.05, 0.1) is 12.2 Å². The average Bonchev–Trinajstić information content (AvgIpc) is 2.87. The first kappa shape index (κ1) is 11.4. The molecule has 0 aliphatic heterocycles. The molecule has 2 aromatic rings. The lowest BCUT2D eigenvalue weighted by Gasteiger charge is -2.05. The van der Waals surface area contributed by atoms with Crippen molar-refractivity contribution in [3.05, 3.63) is 35.7 Å². The molecule has 2 N–H and O–H groups in total. The van der Waals surface area contributed by atoms with E-state index in [0.29, 0.717) is 6.54 Å². The van der Waals surface area contributed by atoms with Crippen LogP contribution in [0.15, 0.2) is 18.5 Å². The number of rotatable bonds is 4. The Hall–Kier alpha value is -2.11. The summed E-state index contributed by atoms with van der Waals surface area (Å²) in [6.07, 6.45) is 3.38. The van der Waals surface area contributed by atoms with Gasteiger partial charge in [-0.2, -0.15) is 5.10 Å². The van der Waals surface area contributed by atoms with Gasteiger partial charge in [-0.3, -0.25) is 9.48 Å². The highest BCUT2D eigenvalue weighted by molar-refractivity contribution is 5.75. The number of aromatic nitrogens is 4. The van der Waals surface area contributed by atoms with Gasteiger partial charge in [-0.25, -0.2) is 4.98 Å². The first-order valence-electron chi connectivity index (χ1n) is 5.41. The van der Waals surface area contributed by atoms with Crippen LogP contribution in [0.4, 0.5) is 0 Å². The number of H-pyrrole nitrogens is 1. The minimum atomic E-state index is -0.0763. The lowest BCUT2D eigenvalue weighted by molar-refractivity contribution is -0.122. The molecular formula is C11H15N5O. The van der Waals surface area contributed by atoms with Crippen LogP contribution in [0.2, 0.25) is 0 Å². The van der Waals surface area contributed by atoms with Crippen LogP contribution < -0.4 is 5.32 Å². The summed E-state index contributed by atoms with van der Waals surface area (Å²) in [4.78, 5) is 18.6. The summed E-state index contributed by atoms with van der Waals surface area (Å²) < 4.78 is 1.69. The molecule has 0 atom stereocenters. The predicted molar refractivity (Wildman–Crippen MR) is 62.1 cm³/mol. The monoisotopic (exact) mass is 233 g/mol. The number of hydrogen-bond donors (Lipinski definition) is 2. The van der Waals surface area contributed by atoms with Gasteiger partial charge in [0.2, 0.25) is 5.91 Å². The van der Waals surface area contributed by atoms with Crippen LogP contribution in [0.1, 0.15) is 17.2 Å². The molecule has 2 heterocycles. The zero-order chi connectivity index (χ0) is 12.3. The van der Waals surface area contributed by atoms with Crippen LogP contribution in [0.5, 0.6) is 0 Å². The van der Waals surface area contributed by atoms with E-state index in [1.165, 1.54) is 0 Å². The highest BCUT2D eigenvalue weighted by Crippen LogP contribution is 2.01. The molecule has 0 bridgehead atoms.